The summed E-state index contributed by atoms with van der Waals surface area (Å²) in [4.78, 5) is 12.1. The second-order valence-corrected chi connectivity index (χ2v) is 7.99. The van der Waals surface area contributed by atoms with Crippen molar-refractivity contribution in [3.8, 4) is 17.0 Å². The van der Waals surface area contributed by atoms with Crippen LogP contribution in [0.1, 0.15) is 38.4 Å². The molecule has 1 aliphatic carbocycles. The summed E-state index contributed by atoms with van der Waals surface area (Å²) in [6.07, 6.45) is 3.25. The zero-order valence-corrected chi connectivity index (χ0v) is 15.9. The summed E-state index contributed by atoms with van der Waals surface area (Å²) in [5, 5.41) is 0. The second kappa shape index (κ2) is 6.88. The van der Waals surface area contributed by atoms with Gasteiger partial charge in [-0.05, 0) is 52.2 Å². The topological polar surface area (TPSA) is 47.5 Å². The Bertz CT molecular complexity index is 792. The zero-order valence-electron chi connectivity index (χ0n) is 15.9. The lowest BCUT2D eigenvalue weighted by Crippen LogP contribution is -2.37. The summed E-state index contributed by atoms with van der Waals surface area (Å²) in [5.41, 5.74) is 4.47. The molecule has 1 fully saturated rings. The van der Waals surface area contributed by atoms with Crippen LogP contribution in [0.15, 0.2) is 24.3 Å². The molecule has 1 aromatic heterocycles. The van der Waals surface area contributed by atoms with Crippen LogP contribution in [0.2, 0.25) is 0 Å². The van der Waals surface area contributed by atoms with Crippen LogP contribution in [-0.4, -0.2) is 41.9 Å². The lowest BCUT2D eigenvalue weighted by Gasteiger charge is -2.27. The SMILES string of the molecule is CC(C)(C)Oc1cccc(-c2nc(N3CCOCC3)nc3c2CCC3)c1. The van der Waals surface area contributed by atoms with E-state index in [4.69, 9.17) is 19.4 Å². The van der Waals surface area contributed by atoms with Crippen molar-refractivity contribution in [2.45, 2.75) is 45.6 Å². The largest absolute Gasteiger partial charge is 0.488 e. The summed E-state index contributed by atoms with van der Waals surface area (Å²) in [6.45, 7) is 9.39. The molecule has 0 N–H and O–H groups in total. The van der Waals surface area contributed by atoms with Gasteiger partial charge in [-0.15, -0.1) is 0 Å². The molecule has 1 aromatic carbocycles. The van der Waals surface area contributed by atoms with Crippen molar-refractivity contribution in [1.82, 2.24) is 9.97 Å². The minimum Gasteiger partial charge on any atom is -0.488 e. The first-order valence-corrected chi connectivity index (χ1v) is 9.51. The highest BCUT2D eigenvalue weighted by Crippen LogP contribution is 2.34. The molecule has 0 saturated carbocycles. The molecule has 0 amide bonds. The van der Waals surface area contributed by atoms with Gasteiger partial charge in [-0.1, -0.05) is 12.1 Å². The van der Waals surface area contributed by atoms with Crippen molar-refractivity contribution < 1.29 is 9.47 Å². The van der Waals surface area contributed by atoms with E-state index in [9.17, 15) is 0 Å². The summed E-state index contributed by atoms with van der Waals surface area (Å²) in [7, 11) is 0. The molecular formula is C21H27N3O2. The van der Waals surface area contributed by atoms with Gasteiger partial charge in [0.2, 0.25) is 5.95 Å². The molecule has 5 nitrogen and oxygen atoms in total. The van der Waals surface area contributed by atoms with Gasteiger partial charge >= 0.3 is 0 Å². The predicted molar refractivity (Wildman–Crippen MR) is 103 cm³/mol. The van der Waals surface area contributed by atoms with Crippen molar-refractivity contribution in [1.29, 1.82) is 0 Å². The van der Waals surface area contributed by atoms with Crippen LogP contribution in [0.5, 0.6) is 5.75 Å². The van der Waals surface area contributed by atoms with E-state index in [0.29, 0.717) is 0 Å². The number of ether oxygens (including phenoxy) is 2. The van der Waals surface area contributed by atoms with Crippen molar-refractivity contribution in [3.05, 3.63) is 35.5 Å². The van der Waals surface area contributed by atoms with E-state index in [-0.39, 0.29) is 5.60 Å². The third kappa shape index (κ3) is 3.68. The van der Waals surface area contributed by atoms with Crippen molar-refractivity contribution in [2.24, 2.45) is 0 Å². The van der Waals surface area contributed by atoms with E-state index in [1.54, 1.807) is 0 Å². The second-order valence-electron chi connectivity index (χ2n) is 7.99. The molecule has 5 heteroatoms. The van der Waals surface area contributed by atoms with Gasteiger partial charge in [0.15, 0.2) is 0 Å². The molecular weight excluding hydrogens is 326 g/mol. The summed E-state index contributed by atoms with van der Waals surface area (Å²) in [6, 6.07) is 8.29. The van der Waals surface area contributed by atoms with Crippen LogP contribution in [-0.2, 0) is 17.6 Å². The number of benzene rings is 1. The molecule has 0 bridgehead atoms. The summed E-state index contributed by atoms with van der Waals surface area (Å²) >= 11 is 0. The van der Waals surface area contributed by atoms with Crippen LogP contribution in [0.25, 0.3) is 11.3 Å². The molecule has 0 unspecified atom stereocenters. The van der Waals surface area contributed by atoms with E-state index < -0.39 is 0 Å². The Balaban J connectivity index is 1.73. The maximum absolute atomic E-state index is 6.06. The molecule has 0 atom stereocenters. The fraction of sp³-hybridized carbons (Fsp3) is 0.524. The number of morpholine rings is 1. The third-order valence-electron chi connectivity index (χ3n) is 4.75. The van der Waals surface area contributed by atoms with Gasteiger partial charge in [0.1, 0.15) is 11.4 Å². The van der Waals surface area contributed by atoms with E-state index in [1.165, 1.54) is 11.3 Å². The Morgan fingerprint density at radius 2 is 1.88 bits per heavy atom. The number of anilines is 1. The Hall–Kier alpha value is -2.14. The minimum atomic E-state index is -0.217. The molecule has 138 valence electrons. The lowest BCUT2D eigenvalue weighted by molar-refractivity contribution is 0.122. The van der Waals surface area contributed by atoms with E-state index in [0.717, 1.165) is 68.5 Å². The first kappa shape index (κ1) is 17.3. The van der Waals surface area contributed by atoms with Crippen LogP contribution in [0.4, 0.5) is 5.95 Å². The molecule has 2 aliphatic rings. The highest BCUT2D eigenvalue weighted by Gasteiger charge is 2.24. The third-order valence-corrected chi connectivity index (χ3v) is 4.75. The monoisotopic (exact) mass is 353 g/mol. The highest BCUT2D eigenvalue weighted by molar-refractivity contribution is 5.68. The maximum Gasteiger partial charge on any atom is 0.226 e. The van der Waals surface area contributed by atoms with Gasteiger partial charge in [-0.2, -0.15) is 0 Å². The first-order chi connectivity index (χ1) is 12.5. The molecule has 1 saturated heterocycles. The number of nitrogens with zero attached hydrogens (tertiary/aromatic N) is 3. The molecule has 0 spiro atoms. The van der Waals surface area contributed by atoms with Gasteiger partial charge in [0.05, 0.1) is 18.9 Å². The maximum atomic E-state index is 6.06. The van der Waals surface area contributed by atoms with Crippen LogP contribution >= 0.6 is 0 Å². The summed E-state index contributed by atoms with van der Waals surface area (Å²) < 4.78 is 11.5. The number of hydrogen-bond donors (Lipinski definition) is 0. The molecule has 2 heterocycles. The van der Waals surface area contributed by atoms with Crippen LogP contribution < -0.4 is 9.64 Å². The number of rotatable bonds is 3. The lowest BCUT2D eigenvalue weighted by atomic mass is 10.0. The Morgan fingerprint density at radius 3 is 2.65 bits per heavy atom. The Labute approximate surface area is 155 Å². The molecule has 0 radical (unpaired) electrons. The van der Waals surface area contributed by atoms with Crippen molar-refractivity contribution in [3.63, 3.8) is 0 Å². The quantitative estimate of drug-likeness (QED) is 0.843. The van der Waals surface area contributed by atoms with Crippen LogP contribution in [0, 0.1) is 0 Å². The summed E-state index contributed by atoms with van der Waals surface area (Å²) in [5.74, 6) is 1.72. The fourth-order valence-electron chi connectivity index (χ4n) is 3.62. The normalized spacial score (nSPS) is 17.3. The number of aryl methyl sites for hydroxylation is 1. The first-order valence-electron chi connectivity index (χ1n) is 9.51. The van der Waals surface area contributed by atoms with E-state index >= 15 is 0 Å². The molecule has 4 rings (SSSR count). The van der Waals surface area contributed by atoms with Gasteiger partial charge in [-0.25, -0.2) is 9.97 Å². The van der Waals surface area contributed by atoms with Crippen molar-refractivity contribution >= 4 is 5.95 Å². The van der Waals surface area contributed by atoms with Crippen molar-refractivity contribution in [2.75, 3.05) is 31.2 Å². The van der Waals surface area contributed by atoms with Gasteiger partial charge in [0, 0.05) is 29.9 Å². The van der Waals surface area contributed by atoms with E-state index in [2.05, 4.69) is 37.8 Å². The molecule has 26 heavy (non-hydrogen) atoms. The van der Waals surface area contributed by atoms with Crippen LogP contribution in [0.3, 0.4) is 0 Å². The standard InChI is InChI=1S/C21H27N3O2/c1-21(2,3)26-16-7-4-6-15(14-16)19-17-8-5-9-18(17)22-20(23-19)24-10-12-25-13-11-24/h4,6-7,14H,5,8-13H2,1-3H3. The Morgan fingerprint density at radius 1 is 1.08 bits per heavy atom. The molecule has 2 aromatic rings. The van der Waals surface area contributed by atoms with E-state index in [1.807, 2.05) is 12.1 Å². The van der Waals surface area contributed by atoms with Gasteiger partial charge in [0.25, 0.3) is 0 Å². The van der Waals surface area contributed by atoms with Gasteiger partial charge in [-0.3, -0.25) is 0 Å². The fourth-order valence-corrected chi connectivity index (χ4v) is 3.62. The average molecular weight is 353 g/mol. The molecule has 1 aliphatic heterocycles. The Kier molecular flexibility index (Phi) is 4.57. The number of hydrogen-bond acceptors (Lipinski definition) is 5. The number of aromatic nitrogens is 2. The smallest absolute Gasteiger partial charge is 0.226 e. The van der Waals surface area contributed by atoms with Gasteiger partial charge < -0.3 is 14.4 Å². The number of fused-ring (bicyclic) bond motifs is 1. The predicted octanol–water partition coefficient (Wildman–Crippen LogP) is 3.65. The minimum absolute atomic E-state index is 0.217. The highest BCUT2D eigenvalue weighted by atomic mass is 16.5. The zero-order chi connectivity index (χ0) is 18.1. The average Bonchev–Trinajstić information content (AvgIpc) is 3.09.